The highest BCUT2D eigenvalue weighted by atomic mass is 16.3. The van der Waals surface area contributed by atoms with E-state index in [0.717, 1.165) is 12.8 Å². The third-order valence-electron chi connectivity index (χ3n) is 3.37. The molecule has 2 aliphatic carbocycles. The van der Waals surface area contributed by atoms with Crippen molar-refractivity contribution in [1.29, 1.82) is 0 Å². The van der Waals surface area contributed by atoms with Gasteiger partial charge in [-0.3, -0.25) is 0 Å². The zero-order chi connectivity index (χ0) is 10.0. The van der Waals surface area contributed by atoms with Crippen molar-refractivity contribution in [1.82, 2.24) is 0 Å². The van der Waals surface area contributed by atoms with Crippen LogP contribution in [0.4, 0.5) is 0 Å². The molecule has 1 unspecified atom stereocenters. The fourth-order valence-corrected chi connectivity index (χ4v) is 2.49. The first kappa shape index (κ1) is 9.72. The van der Waals surface area contributed by atoms with Crippen LogP contribution in [0.3, 0.4) is 0 Å². The SMILES string of the molecule is C=CC1(O)CC=CC2=C1CCCCC2. The summed E-state index contributed by atoms with van der Waals surface area (Å²) >= 11 is 0. The molecule has 0 aliphatic heterocycles. The predicted molar refractivity (Wildman–Crippen MR) is 59.0 cm³/mol. The van der Waals surface area contributed by atoms with Gasteiger partial charge in [0.25, 0.3) is 0 Å². The van der Waals surface area contributed by atoms with Crippen LogP contribution in [0.1, 0.15) is 38.5 Å². The van der Waals surface area contributed by atoms with Gasteiger partial charge in [0.15, 0.2) is 0 Å². The molecule has 0 aromatic carbocycles. The molecule has 1 N–H and O–H groups in total. The summed E-state index contributed by atoms with van der Waals surface area (Å²) in [5.41, 5.74) is 1.85. The largest absolute Gasteiger partial charge is 0.381 e. The lowest BCUT2D eigenvalue weighted by molar-refractivity contribution is 0.126. The van der Waals surface area contributed by atoms with Crippen molar-refractivity contribution in [2.45, 2.75) is 44.1 Å². The summed E-state index contributed by atoms with van der Waals surface area (Å²) in [7, 11) is 0. The molecule has 76 valence electrons. The van der Waals surface area contributed by atoms with E-state index < -0.39 is 5.60 Å². The van der Waals surface area contributed by atoms with Crippen LogP contribution in [-0.4, -0.2) is 10.7 Å². The molecule has 0 saturated carbocycles. The standard InChI is InChI=1S/C13H18O/c1-2-13(14)10-6-8-11-7-4-3-5-9-12(11)13/h2,6,8,14H,1,3-5,7,9-10H2. The van der Waals surface area contributed by atoms with Gasteiger partial charge in [-0.25, -0.2) is 0 Å². The second-order valence-electron chi connectivity index (χ2n) is 4.30. The first-order valence-electron chi connectivity index (χ1n) is 5.51. The molecule has 0 heterocycles. The molecular formula is C13H18O. The number of hydrogen-bond donors (Lipinski definition) is 1. The summed E-state index contributed by atoms with van der Waals surface area (Å²) in [5.74, 6) is 0. The molecule has 0 aromatic rings. The summed E-state index contributed by atoms with van der Waals surface area (Å²) in [4.78, 5) is 0. The average molecular weight is 190 g/mol. The smallest absolute Gasteiger partial charge is 0.107 e. The summed E-state index contributed by atoms with van der Waals surface area (Å²) in [6.07, 6.45) is 12.6. The highest BCUT2D eigenvalue weighted by Gasteiger charge is 2.31. The monoisotopic (exact) mass is 190 g/mol. The van der Waals surface area contributed by atoms with Crippen LogP contribution in [0.2, 0.25) is 0 Å². The van der Waals surface area contributed by atoms with Gasteiger partial charge in [-0.05, 0) is 36.8 Å². The van der Waals surface area contributed by atoms with Gasteiger partial charge < -0.3 is 5.11 Å². The molecule has 0 spiro atoms. The van der Waals surface area contributed by atoms with Gasteiger partial charge in [0.2, 0.25) is 0 Å². The first-order valence-corrected chi connectivity index (χ1v) is 5.51. The number of rotatable bonds is 1. The normalized spacial score (nSPS) is 32.4. The van der Waals surface area contributed by atoms with Gasteiger partial charge in [-0.15, -0.1) is 0 Å². The maximum Gasteiger partial charge on any atom is 0.107 e. The van der Waals surface area contributed by atoms with E-state index >= 15 is 0 Å². The van der Waals surface area contributed by atoms with Crippen molar-refractivity contribution in [3.63, 3.8) is 0 Å². The van der Waals surface area contributed by atoms with Gasteiger partial charge in [-0.2, -0.15) is 0 Å². The van der Waals surface area contributed by atoms with E-state index in [1.165, 1.54) is 30.4 Å². The van der Waals surface area contributed by atoms with E-state index in [1.807, 2.05) is 0 Å². The van der Waals surface area contributed by atoms with Crippen LogP contribution in [0.5, 0.6) is 0 Å². The minimum atomic E-state index is -0.742. The summed E-state index contributed by atoms with van der Waals surface area (Å²) < 4.78 is 0. The minimum Gasteiger partial charge on any atom is -0.381 e. The van der Waals surface area contributed by atoms with Crippen molar-refractivity contribution in [3.05, 3.63) is 36.0 Å². The topological polar surface area (TPSA) is 20.2 Å². The van der Waals surface area contributed by atoms with Gasteiger partial charge in [0.05, 0.1) is 0 Å². The lowest BCUT2D eigenvalue weighted by Gasteiger charge is -2.31. The number of allylic oxidation sites excluding steroid dienone is 2. The lowest BCUT2D eigenvalue weighted by Crippen LogP contribution is -2.30. The minimum absolute atomic E-state index is 0.704. The molecule has 0 bridgehead atoms. The highest BCUT2D eigenvalue weighted by molar-refractivity contribution is 5.40. The second kappa shape index (κ2) is 3.74. The summed E-state index contributed by atoms with van der Waals surface area (Å²) in [6, 6.07) is 0. The van der Waals surface area contributed by atoms with Crippen molar-refractivity contribution in [3.8, 4) is 0 Å². The third-order valence-corrected chi connectivity index (χ3v) is 3.37. The summed E-state index contributed by atoms with van der Waals surface area (Å²) in [6.45, 7) is 3.76. The molecule has 2 rings (SSSR count). The molecule has 1 atom stereocenters. The molecule has 0 amide bonds. The first-order chi connectivity index (χ1) is 6.76. The Labute approximate surface area is 85.8 Å². The summed E-state index contributed by atoms with van der Waals surface area (Å²) in [5, 5.41) is 10.4. The van der Waals surface area contributed by atoms with E-state index in [1.54, 1.807) is 6.08 Å². The van der Waals surface area contributed by atoms with Crippen LogP contribution in [0.15, 0.2) is 36.0 Å². The third kappa shape index (κ3) is 1.57. The van der Waals surface area contributed by atoms with Crippen LogP contribution in [0, 0.1) is 0 Å². The van der Waals surface area contributed by atoms with Crippen LogP contribution >= 0.6 is 0 Å². The van der Waals surface area contributed by atoms with Crippen LogP contribution in [-0.2, 0) is 0 Å². The Hall–Kier alpha value is -0.820. The molecule has 1 heteroatoms. The van der Waals surface area contributed by atoms with Gasteiger partial charge >= 0.3 is 0 Å². The van der Waals surface area contributed by atoms with Crippen molar-refractivity contribution in [2.75, 3.05) is 0 Å². The number of aliphatic hydroxyl groups is 1. The maximum absolute atomic E-state index is 10.4. The molecular weight excluding hydrogens is 172 g/mol. The molecule has 14 heavy (non-hydrogen) atoms. The molecule has 0 saturated heterocycles. The molecule has 1 nitrogen and oxygen atoms in total. The Morgan fingerprint density at radius 1 is 1.29 bits per heavy atom. The zero-order valence-electron chi connectivity index (χ0n) is 8.63. The lowest BCUT2D eigenvalue weighted by atomic mass is 9.80. The van der Waals surface area contributed by atoms with Crippen molar-refractivity contribution in [2.24, 2.45) is 0 Å². The van der Waals surface area contributed by atoms with E-state index in [2.05, 4.69) is 18.7 Å². The van der Waals surface area contributed by atoms with Crippen molar-refractivity contribution >= 4 is 0 Å². The molecule has 0 aromatic heterocycles. The fraction of sp³-hybridized carbons (Fsp3) is 0.538. The molecule has 0 radical (unpaired) electrons. The van der Waals surface area contributed by atoms with E-state index in [4.69, 9.17) is 0 Å². The van der Waals surface area contributed by atoms with E-state index in [9.17, 15) is 5.11 Å². The van der Waals surface area contributed by atoms with Gasteiger partial charge in [0, 0.05) is 6.42 Å². The van der Waals surface area contributed by atoms with E-state index in [0.29, 0.717) is 6.42 Å². The van der Waals surface area contributed by atoms with Crippen molar-refractivity contribution < 1.29 is 5.11 Å². The van der Waals surface area contributed by atoms with Crippen LogP contribution < -0.4 is 0 Å². The van der Waals surface area contributed by atoms with Gasteiger partial charge in [0.1, 0.15) is 5.60 Å². The van der Waals surface area contributed by atoms with E-state index in [-0.39, 0.29) is 0 Å². The average Bonchev–Trinajstić information content (AvgIpc) is 2.44. The Morgan fingerprint density at radius 3 is 2.86 bits per heavy atom. The number of hydrogen-bond acceptors (Lipinski definition) is 1. The predicted octanol–water partition coefficient (Wildman–Crippen LogP) is 3.12. The highest BCUT2D eigenvalue weighted by Crippen LogP contribution is 2.37. The quantitative estimate of drug-likeness (QED) is 0.630. The second-order valence-corrected chi connectivity index (χ2v) is 4.30. The van der Waals surface area contributed by atoms with Gasteiger partial charge in [-0.1, -0.05) is 31.2 Å². The zero-order valence-corrected chi connectivity index (χ0v) is 8.63. The molecule has 2 aliphatic rings. The fourth-order valence-electron chi connectivity index (χ4n) is 2.49. The Balaban J connectivity index is 2.37. The maximum atomic E-state index is 10.4. The Morgan fingerprint density at radius 2 is 2.07 bits per heavy atom. The Kier molecular flexibility index (Phi) is 2.60. The molecule has 0 fully saturated rings. The Bertz CT molecular complexity index is 298. The van der Waals surface area contributed by atoms with Crippen LogP contribution in [0.25, 0.3) is 0 Å².